The van der Waals surface area contributed by atoms with Crippen molar-refractivity contribution in [1.82, 2.24) is 14.9 Å². The molecule has 4 rings (SSSR count). The maximum Gasteiger partial charge on any atom is 0.251 e. The number of amides is 1. The van der Waals surface area contributed by atoms with E-state index in [1.165, 1.54) is 0 Å². The van der Waals surface area contributed by atoms with Gasteiger partial charge in [-0.2, -0.15) is 0 Å². The predicted octanol–water partition coefficient (Wildman–Crippen LogP) is 4.18. The van der Waals surface area contributed by atoms with Gasteiger partial charge in [-0.1, -0.05) is 18.2 Å². The van der Waals surface area contributed by atoms with Crippen LogP contribution in [0.1, 0.15) is 15.9 Å². The quantitative estimate of drug-likeness (QED) is 0.516. The summed E-state index contributed by atoms with van der Waals surface area (Å²) in [4.78, 5) is 16.7. The first-order valence-electron chi connectivity index (χ1n) is 9.34. The Hall–Kier alpha value is -3.67. The second-order valence-electron chi connectivity index (χ2n) is 6.59. The van der Waals surface area contributed by atoms with Crippen molar-refractivity contribution in [3.63, 3.8) is 0 Å². The molecule has 0 aliphatic heterocycles. The Morgan fingerprint density at radius 1 is 1.07 bits per heavy atom. The summed E-state index contributed by atoms with van der Waals surface area (Å²) in [6, 6.07) is 17.8. The fourth-order valence-corrected chi connectivity index (χ4v) is 3.08. The van der Waals surface area contributed by atoms with E-state index in [2.05, 4.69) is 10.3 Å². The number of carbonyl (C=O) groups is 1. The van der Waals surface area contributed by atoms with Crippen LogP contribution in [0.15, 0.2) is 79.3 Å². The fourth-order valence-electron chi connectivity index (χ4n) is 3.08. The lowest BCUT2D eigenvalue weighted by atomic mass is 10.1. The molecule has 2 aromatic heterocycles. The highest BCUT2D eigenvalue weighted by Crippen LogP contribution is 2.21. The van der Waals surface area contributed by atoms with Crippen molar-refractivity contribution in [3.8, 4) is 5.75 Å². The number of rotatable bonds is 7. The van der Waals surface area contributed by atoms with Crippen LogP contribution in [0.5, 0.6) is 5.75 Å². The lowest BCUT2D eigenvalue weighted by Gasteiger charge is -2.12. The number of nitrogens with zero attached hydrogens (tertiary/aromatic N) is 2. The van der Waals surface area contributed by atoms with Gasteiger partial charge in [-0.3, -0.25) is 9.78 Å². The van der Waals surface area contributed by atoms with Gasteiger partial charge >= 0.3 is 0 Å². The zero-order valence-corrected chi connectivity index (χ0v) is 15.7. The molecule has 0 radical (unpaired) electrons. The van der Waals surface area contributed by atoms with E-state index in [0.717, 1.165) is 10.9 Å². The standard InChI is InChI=1S/C23H20FN3O2/c24-22-19(5-3-7-21(22)29-14-13-27-11-1-2-12-27)16-26-23(28)18-8-9-20-17(15-18)6-4-10-25-20/h1-12,15H,13-14,16H2,(H,26,28). The minimum absolute atomic E-state index is 0.0740. The molecule has 0 aliphatic carbocycles. The van der Waals surface area contributed by atoms with Crippen molar-refractivity contribution in [3.05, 3.63) is 96.2 Å². The Balaban J connectivity index is 1.38. The van der Waals surface area contributed by atoms with E-state index in [1.807, 2.05) is 41.2 Å². The summed E-state index contributed by atoms with van der Waals surface area (Å²) in [5.74, 6) is -0.544. The number of halogens is 1. The van der Waals surface area contributed by atoms with E-state index >= 15 is 0 Å². The van der Waals surface area contributed by atoms with Gasteiger partial charge in [0.15, 0.2) is 11.6 Å². The number of nitrogens with one attached hydrogen (secondary N) is 1. The maximum atomic E-state index is 14.7. The first-order valence-corrected chi connectivity index (χ1v) is 9.34. The van der Waals surface area contributed by atoms with Crippen molar-refractivity contribution >= 4 is 16.8 Å². The van der Waals surface area contributed by atoms with Crippen LogP contribution in [0, 0.1) is 5.82 Å². The van der Waals surface area contributed by atoms with Crippen LogP contribution in [0.3, 0.4) is 0 Å². The molecule has 5 nitrogen and oxygen atoms in total. The largest absolute Gasteiger partial charge is 0.489 e. The van der Waals surface area contributed by atoms with Gasteiger partial charge in [0.05, 0.1) is 12.1 Å². The van der Waals surface area contributed by atoms with E-state index in [1.54, 1.807) is 42.6 Å². The Bertz CT molecular complexity index is 1130. The van der Waals surface area contributed by atoms with Gasteiger partial charge in [-0.15, -0.1) is 0 Å². The van der Waals surface area contributed by atoms with Crippen LogP contribution in [0.25, 0.3) is 10.9 Å². The van der Waals surface area contributed by atoms with Gasteiger partial charge < -0.3 is 14.6 Å². The molecule has 0 unspecified atom stereocenters. The van der Waals surface area contributed by atoms with Gasteiger partial charge in [0, 0.05) is 41.6 Å². The molecule has 1 N–H and O–H groups in total. The topological polar surface area (TPSA) is 56.1 Å². The van der Waals surface area contributed by atoms with Crippen molar-refractivity contribution in [2.75, 3.05) is 6.61 Å². The molecule has 1 amide bonds. The Morgan fingerprint density at radius 3 is 2.79 bits per heavy atom. The van der Waals surface area contributed by atoms with E-state index in [4.69, 9.17) is 4.74 Å². The zero-order valence-electron chi connectivity index (χ0n) is 15.7. The van der Waals surface area contributed by atoms with Gasteiger partial charge in [-0.05, 0) is 42.5 Å². The Labute approximate surface area is 167 Å². The van der Waals surface area contributed by atoms with Gasteiger partial charge in [0.2, 0.25) is 0 Å². The molecule has 29 heavy (non-hydrogen) atoms. The van der Waals surface area contributed by atoms with E-state index in [0.29, 0.717) is 24.3 Å². The highest BCUT2D eigenvalue weighted by molar-refractivity contribution is 5.97. The second kappa shape index (κ2) is 8.56. The highest BCUT2D eigenvalue weighted by atomic mass is 19.1. The molecule has 0 fully saturated rings. The summed E-state index contributed by atoms with van der Waals surface area (Å²) in [5.41, 5.74) is 1.70. The number of aromatic nitrogens is 2. The summed E-state index contributed by atoms with van der Waals surface area (Å²) in [5, 5.41) is 3.65. The Morgan fingerprint density at radius 2 is 1.93 bits per heavy atom. The normalized spacial score (nSPS) is 10.8. The van der Waals surface area contributed by atoms with Gasteiger partial charge in [0.1, 0.15) is 6.61 Å². The maximum absolute atomic E-state index is 14.7. The van der Waals surface area contributed by atoms with E-state index in [9.17, 15) is 9.18 Å². The van der Waals surface area contributed by atoms with Crippen molar-refractivity contribution in [1.29, 1.82) is 0 Å². The summed E-state index contributed by atoms with van der Waals surface area (Å²) in [6.45, 7) is 1.06. The molecule has 0 aliphatic rings. The smallest absolute Gasteiger partial charge is 0.251 e. The van der Waals surface area contributed by atoms with Crippen LogP contribution >= 0.6 is 0 Å². The molecule has 0 spiro atoms. The monoisotopic (exact) mass is 389 g/mol. The van der Waals surface area contributed by atoms with E-state index < -0.39 is 5.82 Å². The molecule has 0 atom stereocenters. The molecular weight excluding hydrogens is 369 g/mol. The third kappa shape index (κ3) is 4.43. The summed E-state index contributed by atoms with van der Waals surface area (Å²) >= 11 is 0. The van der Waals surface area contributed by atoms with Crippen LogP contribution in [0.4, 0.5) is 4.39 Å². The summed E-state index contributed by atoms with van der Waals surface area (Å²) in [7, 11) is 0. The number of fused-ring (bicyclic) bond motifs is 1. The zero-order chi connectivity index (χ0) is 20.1. The van der Waals surface area contributed by atoms with Crippen molar-refractivity contribution in [2.24, 2.45) is 0 Å². The molecule has 0 saturated carbocycles. The van der Waals surface area contributed by atoms with Gasteiger partial charge in [-0.25, -0.2) is 4.39 Å². The van der Waals surface area contributed by atoms with Gasteiger partial charge in [0.25, 0.3) is 5.91 Å². The van der Waals surface area contributed by atoms with Crippen molar-refractivity contribution in [2.45, 2.75) is 13.1 Å². The minimum Gasteiger partial charge on any atom is -0.489 e. The molecule has 0 bridgehead atoms. The molecule has 146 valence electrons. The summed E-state index contributed by atoms with van der Waals surface area (Å²) < 4.78 is 22.2. The van der Waals surface area contributed by atoms with Crippen molar-refractivity contribution < 1.29 is 13.9 Å². The van der Waals surface area contributed by atoms with Crippen LogP contribution < -0.4 is 10.1 Å². The molecule has 2 heterocycles. The van der Waals surface area contributed by atoms with Crippen LogP contribution in [-0.4, -0.2) is 22.1 Å². The van der Waals surface area contributed by atoms with Crippen LogP contribution in [-0.2, 0) is 13.1 Å². The van der Waals surface area contributed by atoms with E-state index in [-0.39, 0.29) is 18.2 Å². The number of hydrogen-bond acceptors (Lipinski definition) is 3. The molecule has 6 heteroatoms. The number of benzene rings is 2. The molecule has 0 saturated heterocycles. The third-order valence-electron chi connectivity index (χ3n) is 4.62. The fraction of sp³-hybridized carbons (Fsp3) is 0.130. The number of pyridine rings is 1. The highest BCUT2D eigenvalue weighted by Gasteiger charge is 2.12. The molecular formula is C23H20FN3O2. The average Bonchev–Trinajstić information content (AvgIpc) is 3.27. The molecule has 4 aromatic rings. The average molecular weight is 389 g/mol. The SMILES string of the molecule is O=C(NCc1cccc(OCCn2cccc2)c1F)c1ccc2ncccc2c1. The predicted molar refractivity (Wildman–Crippen MR) is 109 cm³/mol. The summed E-state index contributed by atoms with van der Waals surface area (Å²) in [6.07, 6.45) is 5.56. The number of ether oxygens (including phenoxy) is 1. The number of hydrogen-bond donors (Lipinski definition) is 1. The molecule has 2 aromatic carbocycles. The lowest BCUT2D eigenvalue weighted by Crippen LogP contribution is -2.23. The first-order chi connectivity index (χ1) is 14.2. The minimum atomic E-state index is -0.456. The Kier molecular flexibility index (Phi) is 5.52. The first kappa shape index (κ1) is 18.7. The number of carbonyl (C=O) groups excluding carboxylic acids is 1. The third-order valence-corrected chi connectivity index (χ3v) is 4.62. The van der Waals surface area contributed by atoms with Crippen LogP contribution in [0.2, 0.25) is 0 Å². The second-order valence-corrected chi connectivity index (χ2v) is 6.59. The lowest BCUT2D eigenvalue weighted by molar-refractivity contribution is 0.0950.